The van der Waals surface area contributed by atoms with E-state index < -0.39 is 0 Å². The molecule has 5 atom stereocenters. The van der Waals surface area contributed by atoms with Crippen molar-refractivity contribution in [1.82, 2.24) is 0 Å². The van der Waals surface area contributed by atoms with Crippen LogP contribution in [0.25, 0.3) is 0 Å². The van der Waals surface area contributed by atoms with E-state index in [1.54, 1.807) is 0 Å². The molecule has 0 unspecified atom stereocenters. The van der Waals surface area contributed by atoms with E-state index in [9.17, 15) is 0 Å². The van der Waals surface area contributed by atoms with E-state index >= 15 is 0 Å². The Morgan fingerprint density at radius 1 is 0.917 bits per heavy atom. The van der Waals surface area contributed by atoms with Gasteiger partial charge in [-0.25, -0.2) is 0 Å². The Balaban J connectivity index is 2.63. The summed E-state index contributed by atoms with van der Waals surface area (Å²) in [4.78, 5) is 0. The molecule has 1 rings (SSSR count). The monoisotopic (exact) mass is 170 g/mol. The van der Waals surface area contributed by atoms with Gasteiger partial charge in [0.1, 0.15) is 0 Å². The Morgan fingerprint density at radius 2 is 1.50 bits per heavy atom. The van der Waals surface area contributed by atoms with Crippen LogP contribution in [0, 0.1) is 17.8 Å². The zero-order valence-corrected chi connectivity index (χ0v) is 9.00. The van der Waals surface area contributed by atoms with Crippen molar-refractivity contribution in [3.05, 3.63) is 0 Å². The van der Waals surface area contributed by atoms with Gasteiger partial charge in [0.2, 0.25) is 0 Å². The van der Waals surface area contributed by atoms with Gasteiger partial charge >= 0.3 is 0 Å². The maximum absolute atomic E-state index is 5.93. The highest BCUT2D eigenvalue weighted by Gasteiger charge is 2.35. The van der Waals surface area contributed by atoms with E-state index in [1.807, 2.05) is 0 Å². The Kier molecular flexibility index (Phi) is 3.16. The first-order valence-corrected chi connectivity index (χ1v) is 5.23. The molecule has 1 fully saturated rings. The van der Waals surface area contributed by atoms with Gasteiger partial charge in [-0.2, -0.15) is 0 Å². The maximum Gasteiger partial charge on any atom is 0.0604 e. The minimum atomic E-state index is 0.446. The molecule has 0 saturated carbocycles. The summed E-state index contributed by atoms with van der Waals surface area (Å²) in [6, 6.07) is 0. The fraction of sp³-hybridized carbons (Fsp3) is 1.00. The Morgan fingerprint density at radius 3 is 2.00 bits per heavy atom. The van der Waals surface area contributed by atoms with Crippen LogP contribution in [0.15, 0.2) is 0 Å². The van der Waals surface area contributed by atoms with Crippen LogP contribution in [0.3, 0.4) is 0 Å². The number of ether oxygens (including phenoxy) is 1. The van der Waals surface area contributed by atoms with Gasteiger partial charge in [0, 0.05) is 0 Å². The van der Waals surface area contributed by atoms with E-state index in [4.69, 9.17) is 4.74 Å². The second-order valence-corrected chi connectivity index (χ2v) is 4.37. The normalized spacial score (nSPS) is 49.2. The van der Waals surface area contributed by atoms with Crippen LogP contribution < -0.4 is 0 Å². The molecule has 0 aliphatic carbocycles. The van der Waals surface area contributed by atoms with Gasteiger partial charge in [-0.1, -0.05) is 27.7 Å². The molecule has 0 bridgehead atoms. The first kappa shape index (κ1) is 10.0. The molecule has 1 aliphatic rings. The summed E-state index contributed by atoms with van der Waals surface area (Å²) in [6.07, 6.45) is 2.09. The van der Waals surface area contributed by atoms with Gasteiger partial charge in [0.05, 0.1) is 12.2 Å². The Labute approximate surface area is 76.5 Å². The third-order valence-electron chi connectivity index (χ3n) is 3.78. The summed E-state index contributed by atoms with van der Waals surface area (Å²) >= 11 is 0. The molecule has 72 valence electrons. The number of rotatable bonds is 1. The third kappa shape index (κ3) is 1.66. The predicted octanol–water partition coefficient (Wildman–Crippen LogP) is 3.09. The van der Waals surface area contributed by atoms with Crippen molar-refractivity contribution < 1.29 is 4.74 Å². The quantitative estimate of drug-likeness (QED) is 0.587. The lowest BCUT2D eigenvalue weighted by atomic mass is 9.76. The zero-order valence-electron chi connectivity index (χ0n) is 9.00. The van der Waals surface area contributed by atoms with Crippen LogP contribution >= 0.6 is 0 Å². The van der Waals surface area contributed by atoms with E-state index in [1.165, 1.54) is 0 Å². The van der Waals surface area contributed by atoms with Gasteiger partial charge in [-0.3, -0.25) is 0 Å². The van der Waals surface area contributed by atoms with E-state index in [0.717, 1.165) is 18.3 Å². The standard InChI is InChI=1S/C11H22O/c1-6-11-9(4)7(2)8(3)10(5)12-11/h7-11H,6H2,1-5H3/t7-,8-,9-,10-,11-/m1/s1. The lowest BCUT2D eigenvalue weighted by molar-refractivity contribution is -0.125. The van der Waals surface area contributed by atoms with Crippen LogP contribution in [-0.2, 0) is 4.74 Å². The van der Waals surface area contributed by atoms with Crippen LogP contribution in [0.4, 0.5) is 0 Å². The first-order chi connectivity index (χ1) is 5.57. The summed E-state index contributed by atoms with van der Waals surface area (Å²) in [6.45, 7) is 11.4. The van der Waals surface area contributed by atoms with Gasteiger partial charge in [-0.15, -0.1) is 0 Å². The molecule has 0 amide bonds. The lowest BCUT2D eigenvalue weighted by Crippen LogP contribution is -2.42. The van der Waals surface area contributed by atoms with Gasteiger partial charge in [-0.05, 0) is 31.1 Å². The molecule has 1 heterocycles. The summed E-state index contributed by atoms with van der Waals surface area (Å²) in [5, 5.41) is 0. The van der Waals surface area contributed by atoms with Crippen molar-refractivity contribution in [2.45, 2.75) is 53.2 Å². The van der Waals surface area contributed by atoms with Crippen molar-refractivity contribution in [2.24, 2.45) is 17.8 Å². The molecule has 0 aromatic rings. The molecule has 1 saturated heterocycles. The summed E-state index contributed by atoms with van der Waals surface area (Å²) in [7, 11) is 0. The molecule has 0 N–H and O–H groups in total. The molecule has 0 spiro atoms. The number of hydrogen-bond acceptors (Lipinski definition) is 1. The highest BCUT2D eigenvalue weighted by Crippen LogP contribution is 2.35. The molecule has 0 aromatic carbocycles. The summed E-state index contributed by atoms with van der Waals surface area (Å²) in [5.41, 5.74) is 0. The minimum Gasteiger partial charge on any atom is -0.375 e. The SMILES string of the molecule is CC[C@H]1O[C@H](C)[C@H](C)[C@@H](C)[C@H]1C. The average Bonchev–Trinajstić information content (AvgIpc) is 2.08. The first-order valence-electron chi connectivity index (χ1n) is 5.23. The lowest BCUT2D eigenvalue weighted by Gasteiger charge is -2.42. The molecule has 1 heteroatoms. The topological polar surface area (TPSA) is 9.23 Å². The zero-order chi connectivity index (χ0) is 9.30. The van der Waals surface area contributed by atoms with Crippen molar-refractivity contribution in [3.8, 4) is 0 Å². The highest BCUT2D eigenvalue weighted by molar-refractivity contribution is 4.83. The average molecular weight is 170 g/mol. The van der Waals surface area contributed by atoms with Crippen LogP contribution in [0.5, 0.6) is 0 Å². The molecular weight excluding hydrogens is 148 g/mol. The third-order valence-corrected chi connectivity index (χ3v) is 3.78. The van der Waals surface area contributed by atoms with Crippen molar-refractivity contribution in [3.63, 3.8) is 0 Å². The fourth-order valence-corrected chi connectivity index (χ4v) is 2.24. The second kappa shape index (κ2) is 3.78. The smallest absolute Gasteiger partial charge is 0.0604 e. The van der Waals surface area contributed by atoms with Gasteiger partial charge in [0.25, 0.3) is 0 Å². The largest absolute Gasteiger partial charge is 0.375 e. The van der Waals surface area contributed by atoms with Crippen molar-refractivity contribution in [2.75, 3.05) is 0 Å². The van der Waals surface area contributed by atoms with Crippen molar-refractivity contribution in [1.29, 1.82) is 0 Å². The van der Waals surface area contributed by atoms with E-state index in [-0.39, 0.29) is 0 Å². The van der Waals surface area contributed by atoms with Gasteiger partial charge in [0.15, 0.2) is 0 Å². The van der Waals surface area contributed by atoms with Crippen LogP contribution in [0.1, 0.15) is 41.0 Å². The molecule has 1 nitrogen and oxygen atoms in total. The van der Waals surface area contributed by atoms with Gasteiger partial charge < -0.3 is 4.74 Å². The molecule has 12 heavy (non-hydrogen) atoms. The van der Waals surface area contributed by atoms with Crippen LogP contribution in [-0.4, -0.2) is 12.2 Å². The summed E-state index contributed by atoms with van der Waals surface area (Å²) < 4.78 is 5.93. The number of hydrogen-bond donors (Lipinski definition) is 0. The van der Waals surface area contributed by atoms with Crippen molar-refractivity contribution >= 4 is 0 Å². The second-order valence-electron chi connectivity index (χ2n) is 4.37. The Bertz CT molecular complexity index is 139. The fourth-order valence-electron chi connectivity index (χ4n) is 2.24. The maximum atomic E-state index is 5.93. The van der Waals surface area contributed by atoms with E-state index in [0.29, 0.717) is 18.1 Å². The molecular formula is C11H22O. The van der Waals surface area contributed by atoms with E-state index in [2.05, 4.69) is 34.6 Å². The summed E-state index contributed by atoms with van der Waals surface area (Å²) in [5.74, 6) is 2.24. The molecule has 0 radical (unpaired) electrons. The highest BCUT2D eigenvalue weighted by atomic mass is 16.5. The predicted molar refractivity (Wildman–Crippen MR) is 52.1 cm³/mol. The van der Waals surface area contributed by atoms with Crippen LogP contribution in [0.2, 0.25) is 0 Å². The minimum absolute atomic E-state index is 0.446. The molecule has 0 aromatic heterocycles. The Hall–Kier alpha value is -0.0400. The molecule has 1 aliphatic heterocycles.